The first-order valence-corrected chi connectivity index (χ1v) is 46.5. The van der Waals surface area contributed by atoms with Crippen molar-refractivity contribution < 1.29 is 15.6 Å². The zero-order chi connectivity index (χ0) is 48.4. The van der Waals surface area contributed by atoms with Gasteiger partial charge in [-0.1, -0.05) is 0 Å². The van der Waals surface area contributed by atoms with Gasteiger partial charge in [0.15, 0.2) is 0 Å². The Kier molecular flexibility index (Phi) is 12.5. The van der Waals surface area contributed by atoms with Crippen LogP contribution in [0.2, 0.25) is 12.6 Å². The summed E-state index contributed by atoms with van der Waals surface area (Å²) in [6.07, 6.45) is 40.1. The molecule has 3 unspecified atom stereocenters. The molecule has 0 spiro atoms. The number of fused-ring (bicyclic) bond motifs is 2. The van der Waals surface area contributed by atoms with Gasteiger partial charge in [-0.2, -0.15) is 0 Å². The van der Waals surface area contributed by atoms with Crippen molar-refractivity contribution in [3.63, 3.8) is 0 Å². The summed E-state index contributed by atoms with van der Waals surface area (Å²) in [6, 6.07) is 36.5. The van der Waals surface area contributed by atoms with Crippen LogP contribution in [0.25, 0.3) is 34.4 Å². The van der Waals surface area contributed by atoms with Gasteiger partial charge in [0.2, 0.25) is 0 Å². The Labute approximate surface area is 444 Å². The van der Waals surface area contributed by atoms with Crippen LogP contribution in [0, 0.1) is 47.3 Å². The van der Waals surface area contributed by atoms with E-state index in [9.17, 15) is 17.0 Å². The van der Waals surface area contributed by atoms with Crippen LogP contribution in [0.15, 0.2) is 96.1 Å². The maximum absolute atomic E-state index is 9.51. The zero-order valence-electron chi connectivity index (χ0n) is 44.2. The second-order valence-electron chi connectivity index (χ2n) is 27.8. The Morgan fingerprint density at radius 1 is 0.486 bits per heavy atom. The SMILES string of the molecule is CCC[SiH](C)[Zr]([Cl])([Cl])([CH]1C(CC2CCCCC2)=Cc2c(-c3ccc(C45CC6CC(CC(C6)C4)C5)cc3)cccc21)[CH]1C(CC2CCCCC2)=Cc2c(-c3ccc(C45CC6CC(CC(C6)C4)C5)cc3)cccc21. The van der Waals surface area contributed by atoms with E-state index >= 15 is 0 Å². The third-order valence-corrected chi connectivity index (χ3v) is 73.7. The summed E-state index contributed by atoms with van der Waals surface area (Å²) in [5, 5.41) is 0. The van der Waals surface area contributed by atoms with Gasteiger partial charge in [-0.15, -0.1) is 0 Å². The van der Waals surface area contributed by atoms with Crippen molar-refractivity contribution in [3.8, 4) is 22.3 Å². The fourth-order valence-corrected chi connectivity index (χ4v) is 62.1. The van der Waals surface area contributed by atoms with Crippen LogP contribution in [-0.2, 0) is 26.4 Å². The number of hydrogen-bond acceptors (Lipinski definition) is 0. The molecule has 3 atom stereocenters. The Balaban J connectivity index is 0.884. The Morgan fingerprint density at radius 2 is 0.847 bits per heavy atom. The second-order valence-corrected chi connectivity index (χ2v) is 69.1. The third-order valence-electron chi connectivity index (χ3n) is 23.3. The first-order valence-electron chi connectivity index (χ1n) is 30.5. The van der Waals surface area contributed by atoms with Crippen LogP contribution in [-0.4, -0.2) is 5.92 Å². The molecule has 10 fully saturated rings. The summed E-state index contributed by atoms with van der Waals surface area (Å²) in [4.78, 5) is 0. The minimum atomic E-state index is -5.15. The number of hydrogen-bond donors (Lipinski definition) is 0. The molecule has 0 heterocycles. The predicted octanol–water partition coefficient (Wildman–Crippen LogP) is 20.2. The maximum atomic E-state index is 9.51. The van der Waals surface area contributed by atoms with Crippen molar-refractivity contribution in [2.75, 3.05) is 0 Å². The Hall–Kier alpha value is -1.96. The van der Waals surface area contributed by atoms with E-state index in [-0.39, 0.29) is 7.25 Å². The molecule has 379 valence electrons. The van der Waals surface area contributed by atoms with Crippen LogP contribution < -0.4 is 0 Å². The van der Waals surface area contributed by atoms with Crippen molar-refractivity contribution in [2.45, 2.75) is 198 Å². The van der Waals surface area contributed by atoms with Gasteiger partial charge in [-0.25, -0.2) is 0 Å². The number of rotatable bonds is 13. The Bertz CT molecular complexity index is 2510. The molecule has 0 saturated heterocycles. The summed E-state index contributed by atoms with van der Waals surface area (Å²) in [5.74, 6) is 5.45. The van der Waals surface area contributed by atoms with E-state index < -0.39 is 21.5 Å². The fourth-order valence-electron chi connectivity index (χ4n) is 20.9. The van der Waals surface area contributed by atoms with Crippen LogP contribution in [0.4, 0.5) is 0 Å². The quantitative estimate of drug-likeness (QED) is 0.117. The first-order chi connectivity index (χ1) is 35.0. The summed E-state index contributed by atoms with van der Waals surface area (Å²) in [5.41, 5.74) is 18.9. The van der Waals surface area contributed by atoms with E-state index in [4.69, 9.17) is 0 Å². The molecule has 0 N–H and O–H groups in total. The van der Waals surface area contributed by atoms with Crippen LogP contribution in [0.5, 0.6) is 0 Å². The molecule has 10 saturated carbocycles. The molecule has 12 aliphatic rings. The summed E-state index contributed by atoms with van der Waals surface area (Å²) in [6.45, 7) is 5.10. The molecular formula is C68H85Cl2SiZr. The van der Waals surface area contributed by atoms with Gasteiger partial charge in [0.05, 0.1) is 0 Å². The van der Waals surface area contributed by atoms with E-state index in [2.05, 4.69) is 111 Å². The molecule has 0 radical (unpaired) electrons. The van der Waals surface area contributed by atoms with Crippen molar-refractivity contribution in [1.29, 1.82) is 0 Å². The summed E-state index contributed by atoms with van der Waals surface area (Å²) < 4.78 is 0.306. The summed E-state index contributed by atoms with van der Waals surface area (Å²) >= 11 is -5.15. The summed E-state index contributed by atoms with van der Waals surface area (Å²) in [7, 11) is 19.0. The average molecular weight is 1090 g/mol. The van der Waals surface area contributed by atoms with Gasteiger partial charge in [0, 0.05) is 0 Å². The normalized spacial score (nSPS) is 34.6. The molecule has 4 aromatic carbocycles. The molecule has 8 bridgehead atoms. The molecule has 72 heavy (non-hydrogen) atoms. The monoisotopic (exact) mass is 1090 g/mol. The molecule has 0 aromatic heterocycles. The molecule has 4 aromatic rings. The van der Waals surface area contributed by atoms with Crippen molar-refractivity contribution in [2.24, 2.45) is 47.3 Å². The van der Waals surface area contributed by atoms with E-state index in [1.165, 1.54) is 198 Å². The van der Waals surface area contributed by atoms with Gasteiger partial charge in [0.1, 0.15) is 0 Å². The molecule has 0 nitrogen and oxygen atoms in total. The predicted molar refractivity (Wildman–Crippen MR) is 307 cm³/mol. The van der Waals surface area contributed by atoms with Crippen LogP contribution in [0.3, 0.4) is 0 Å². The van der Waals surface area contributed by atoms with Gasteiger partial charge in [-0.3, -0.25) is 0 Å². The van der Waals surface area contributed by atoms with Gasteiger partial charge in [-0.05, 0) is 0 Å². The van der Waals surface area contributed by atoms with Gasteiger partial charge in [0.25, 0.3) is 0 Å². The van der Waals surface area contributed by atoms with Gasteiger partial charge >= 0.3 is 448 Å². The molecule has 0 aliphatic heterocycles. The molecule has 0 amide bonds. The third kappa shape index (κ3) is 8.04. The average Bonchev–Trinajstić information content (AvgIpc) is 3.96. The van der Waals surface area contributed by atoms with E-state index in [0.29, 0.717) is 10.8 Å². The van der Waals surface area contributed by atoms with E-state index in [0.717, 1.165) is 60.2 Å². The number of benzene rings is 4. The topological polar surface area (TPSA) is 0 Å². The molecule has 12 aliphatic carbocycles. The van der Waals surface area contributed by atoms with Crippen LogP contribution in [0.1, 0.15) is 208 Å². The zero-order valence-corrected chi connectivity index (χ0v) is 49.4. The van der Waals surface area contributed by atoms with Crippen molar-refractivity contribution in [1.82, 2.24) is 0 Å². The Morgan fingerprint density at radius 3 is 1.19 bits per heavy atom. The molecular weight excluding hydrogens is 1010 g/mol. The van der Waals surface area contributed by atoms with E-state index in [1.54, 1.807) is 22.3 Å². The van der Waals surface area contributed by atoms with Gasteiger partial charge < -0.3 is 0 Å². The molecule has 4 heteroatoms. The molecule has 16 rings (SSSR count). The standard InChI is InChI=1S/2C32H37.C4H11Si.2ClH.Zr/c2*1-2-5-22(6-3-1)13-23-17-28-7-4-8-30(31(28)18-23)27-9-11-29(12-10-27)32-19-24-14-25(20-32)16-26(15-24)21-32;1-3-4-5-2;;;/h2*4,7-12,17-18,22,24-26H,1-3,5-6,13-16,19-21H2;5H,3-4H2,1-2H3;2*1H;/q;;;;;+2/p-2. The second kappa shape index (κ2) is 18.6. The fraction of sp³-hybridized carbons (Fsp3) is 0.588. The van der Waals surface area contributed by atoms with Crippen molar-refractivity contribution >= 4 is 35.1 Å². The number of halogens is 2. The van der Waals surface area contributed by atoms with Crippen molar-refractivity contribution in [3.05, 3.63) is 129 Å². The minimum absolute atomic E-state index is 0.153. The van der Waals surface area contributed by atoms with E-state index in [1.807, 2.05) is 0 Å². The number of allylic oxidation sites excluding steroid dienone is 2. The first kappa shape index (κ1) is 48.4. The van der Waals surface area contributed by atoms with Crippen LogP contribution >= 0.6 is 17.0 Å².